The van der Waals surface area contributed by atoms with Crippen LogP contribution < -0.4 is 0 Å². The predicted octanol–water partition coefficient (Wildman–Crippen LogP) is 0.325. The molecule has 0 aromatic heterocycles. The minimum Gasteiger partial charge on any atom is -0.183 e. The second kappa shape index (κ2) is 4.78. The molecular weight excluding hydrogens is 254 g/mol. The molecule has 0 rings (SSSR count). The molecule has 11 heavy (non-hydrogen) atoms. The monoisotopic (exact) mass is 260 g/mol. The highest BCUT2D eigenvalue weighted by Gasteiger charge is 2.40. The van der Waals surface area contributed by atoms with Gasteiger partial charge in [-0.3, -0.25) is 0 Å². The minimum absolute atomic E-state index is 0.266. The molecule has 0 heterocycles. The van der Waals surface area contributed by atoms with Crippen LogP contribution in [-0.2, 0) is 0 Å². The van der Waals surface area contributed by atoms with Crippen molar-refractivity contribution >= 4 is 44.9 Å². The average molecular weight is 260 g/mol. The molecule has 11 heteroatoms. The molecule has 0 amide bonds. The molecule has 0 aliphatic rings. The van der Waals surface area contributed by atoms with Crippen molar-refractivity contribution in [2.75, 3.05) is 0 Å². The van der Waals surface area contributed by atoms with E-state index >= 15 is 0 Å². The van der Waals surface area contributed by atoms with Crippen LogP contribution in [0.2, 0.25) is 0 Å². The molecule has 0 aromatic carbocycles. The van der Waals surface area contributed by atoms with Crippen LogP contribution in [0.4, 0.5) is 0 Å². The molecule has 0 saturated carbocycles. The molecule has 68 valence electrons. The molecule has 6 nitrogen and oxygen atoms in total. The third-order valence-electron chi connectivity index (χ3n) is 0.261. The van der Waals surface area contributed by atoms with Gasteiger partial charge in [0, 0.05) is 0 Å². The molecule has 0 aromatic rings. The third kappa shape index (κ3) is 11.7. The molecular formula is H6O6P2S3+2. The summed E-state index contributed by atoms with van der Waals surface area (Å²) in [6.07, 6.45) is 0. The lowest BCUT2D eigenvalue weighted by molar-refractivity contribution is 0.357. The molecule has 0 saturated heterocycles. The van der Waals surface area contributed by atoms with Gasteiger partial charge in [0.15, 0.2) is 20.8 Å². The first-order valence-electron chi connectivity index (χ1n) is 1.90. The first-order valence-corrected chi connectivity index (χ1v) is 9.89. The predicted molar refractivity (Wildman–Crippen MR) is 49.9 cm³/mol. The van der Waals surface area contributed by atoms with Crippen molar-refractivity contribution in [2.45, 2.75) is 0 Å². The molecule has 0 unspecified atom stereocenters. The zero-order valence-corrected chi connectivity index (χ0v) is 9.04. The van der Waals surface area contributed by atoms with Gasteiger partial charge in [0.25, 0.3) is 0 Å². The van der Waals surface area contributed by atoms with Gasteiger partial charge in [-0.1, -0.05) is 0 Å². The van der Waals surface area contributed by atoms with Gasteiger partial charge < -0.3 is 0 Å². The molecule has 6 N–H and O–H groups in total. The van der Waals surface area contributed by atoms with E-state index in [4.69, 9.17) is 29.4 Å². The second-order valence-electron chi connectivity index (χ2n) is 1.24. The Balaban J connectivity index is 3.44. The lowest BCUT2D eigenvalue weighted by Gasteiger charge is -1.99. The number of hydrogen-bond acceptors (Lipinski definition) is 9. The maximum absolute atomic E-state index is 8.33. The molecule has 0 atom stereocenters. The summed E-state index contributed by atoms with van der Waals surface area (Å²) >= 11 is 0. The van der Waals surface area contributed by atoms with Crippen molar-refractivity contribution in [3.8, 4) is 0 Å². The van der Waals surface area contributed by atoms with Gasteiger partial charge in [0.1, 0.15) is 0 Å². The van der Waals surface area contributed by atoms with E-state index in [1.807, 2.05) is 0 Å². The maximum atomic E-state index is 8.33. The summed E-state index contributed by atoms with van der Waals surface area (Å²) in [5.74, 6) is 0. The van der Waals surface area contributed by atoms with E-state index < -0.39 is 14.3 Å². The maximum Gasteiger partial charge on any atom is 0.485 e. The highest BCUT2D eigenvalue weighted by atomic mass is 33.7. The van der Waals surface area contributed by atoms with E-state index in [9.17, 15) is 0 Å². The SMILES string of the molecule is O[P+](O)(O)SSS[P+](O)(O)O. The van der Waals surface area contributed by atoms with Gasteiger partial charge in [-0.25, -0.2) is 0 Å². The Hall–Kier alpha value is 1.67. The normalized spacial score (nSPS) is 13.6. The zero-order valence-electron chi connectivity index (χ0n) is 4.80. The van der Waals surface area contributed by atoms with Crippen molar-refractivity contribution in [2.24, 2.45) is 0 Å². The Labute approximate surface area is 74.5 Å². The molecule has 0 bridgehead atoms. The lowest BCUT2D eigenvalue weighted by atomic mass is 15.8. The Morgan fingerprint density at radius 2 is 0.909 bits per heavy atom. The van der Waals surface area contributed by atoms with Crippen molar-refractivity contribution in [3.63, 3.8) is 0 Å². The second-order valence-corrected chi connectivity index (χ2v) is 11.9. The van der Waals surface area contributed by atoms with Gasteiger partial charge in [0.05, 0.1) is 9.83 Å². The topological polar surface area (TPSA) is 121 Å². The van der Waals surface area contributed by atoms with Gasteiger partial charge >= 0.3 is 14.3 Å². The van der Waals surface area contributed by atoms with Crippen molar-refractivity contribution in [1.82, 2.24) is 0 Å². The molecule has 0 aliphatic heterocycles. The van der Waals surface area contributed by atoms with Crippen molar-refractivity contribution in [1.29, 1.82) is 0 Å². The highest BCUT2D eigenvalue weighted by molar-refractivity contribution is 9.28. The van der Waals surface area contributed by atoms with E-state index in [0.717, 1.165) is 0 Å². The Kier molecular flexibility index (Phi) is 5.51. The summed E-state index contributed by atoms with van der Waals surface area (Å²) < 4.78 is 0. The van der Waals surface area contributed by atoms with Crippen LogP contribution in [0.15, 0.2) is 0 Å². The molecule has 0 aliphatic carbocycles. The van der Waals surface area contributed by atoms with Gasteiger partial charge in [-0.05, 0) is 0 Å². The summed E-state index contributed by atoms with van der Waals surface area (Å²) in [5.41, 5.74) is 0. The van der Waals surface area contributed by atoms with Gasteiger partial charge in [-0.15, -0.1) is 0 Å². The average Bonchev–Trinajstić information content (AvgIpc) is 1.55. The van der Waals surface area contributed by atoms with Crippen LogP contribution >= 0.6 is 44.9 Å². The van der Waals surface area contributed by atoms with Gasteiger partial charge in [0.2, 0.25) is 0 Å². The number of hydrogen-bond donors (Lipinski definition) is 6. The van der Waals surface area contributed by atoms with E-state index in [2.05, 4.69) is 0 Å². The Morgan fingerprint density at radius 1 is 0.636 bits per heavy atom. The Morgan fingerprint density at radius 3 is 1.09 bits per heavy atom. The van der Waals surface area contributed by atoms with E-state index in [1.54, 1.807) is 0 Å². The number of rotatable bonds is 4. The fourth-order valence-electron chi connectivity index (χ4n) is 0.0953. The smallest absolute Gasteiger partial charge is 0.183 e. The summed E-state index contributed by atoms with van der Waals surface area (Å²) in [5, 5.41) is 0. The highest BCUT2D eigenvalue weighted by Crippen LogP contribution is 2.74. The molecule has 0 radical (unpaired) electrons. The van der Waals surface area contributed by atoms with Crippen LogP contribution in [0.1, 0.15) is 0 Å². The van der Waals surface area contributed by atoms with Crippen molar-refractivity contribution in [3.05, 3.63) is 0 Å². The van der Waals surface area contributed by atoms with Crippen molar-refractivity contribution < 1.29 is 29.4 Å². The molecule has 0 spiro atoms. The zero-order chi connectivity index (χ0) is 9.12. The quantitative estimate of drug-likeness (QED) is 0.313. The van der Waals surface area contributed by atoms with E-state index in [-0.39, 0.29) is 20.8 Å². The summed E-state index contributed by atoms with van der Waals surface area (Å²) in [4.78, 5) is 50.0. The minimum atomic E-state index is -3.96. The largest absolute Gasteiger partial charge is 0.485 e. The lowest BCUT2D eigenvalue weighted by Crippen LogP contribution is -1.78. The van der Waals surface area contributed by atoms with Crippen LogP contribution in [0, 0.1) is 0 Å². The van der Waals surface area contributed by atoms with Crippen LogP contribution in [-0.4, -0.2) is 29.4 Å². The van der Waals surface area contributed by atoms with Crippen LogP contribution in [0.25, 0.3) is 0 Å². The first kappa shape index (κ1) is 12.7. The first-order chi connectivity index (χ1) is 4.71. The standard InChI is InChI=1S/H6O6P2S3/c1-7(2,3)9-11-10-8(4,5)6/h1-6H/q+2. The fourth-order valence-corrected chi connectivity index (χ4v) is 9.92. The third-order valence-corrected chi connectivity index (χ3v) is 10.3. The Bertz CT molecular complexity index is 100.0. The van der Waals surface area contributed by atoms with Crippen LogP contribution in [0.5, 0.6) is 0 Å². The van der Waals surface area contributed by atoms with Gasteiger partial charge in [-0.2, -0.15) is 29.4 Å². The summed E-state index contributed by atoms with van der Waals surface area (Å²) in [7, 11) is -6.89. The molecule has 0 fully saturated rings. The van der Waals surface area contributed by atoms with Crippen LogP contribution in [0.3, 0.4) is 0 Å². The summed E-state index contributed by atoms with van der Waals surface area (Å²) in [6.45, 7) is 0. The fraction of sp³-hybridized carbons (Fsp3) is 0. The van der Waals surface area contributed by atoms with E-state index in [0.29, 0.717) is 9.83 Å². The summed E-state index contributed by atoms with van der Waals surface area (Å²) in [6, 6.07) is 0. The van der Waals surface area contributed by atoms with E-state index in [1.165, 1.54) is 0 Å².